The molecular weight excluding hydrogens is 312 g/mol. The highest BCUT2D eigenvalue weighted by atomic mass is 16.5. The molecule has 25 heavy (non-hydrogen) atoms. The van der Waals surface area contributed by atoms with Crippen molar-refractivity contribution in [2.24, 2.45) is 17.3 Å². The van der Waals surface area contributed by atoms with Crippen molar-refractivity contribution >= 4 is 11.8 Å². The van der Waals surface area contributed by atoms with Crippen molar-refractivity contribution in [3.05, 3.63) is 59.7 Å². The Labute approximate surface area is 150 Å². The van der Waals surface area contributed by atoms with E-state index in [1.165, 1.54) is 11.1 Å². The average molecular weight is 340 g/mol. The zero-order valence-electron chi connectivity index (χ0n) is 15.7. The molecule has 3 heteroatoms. The Kier molecular flexibility index (Phi) is 5.99. The van der Waals surface area contributed by atoms with E-state index >= 15 is 0 Å². The summed E-state index contributed by atoms with van der Waals surface area (Å²) in [5, 5.41) is 0. The lowest BCUT2D eigenvalue weighted by atomic mass is 9.73. The van der Waals surface area contributed by atoms with Gasteiger partial charge < -0.3 is 4.74 Å². The monoisotopic (exact) mass is 340 g/mol. The third-order valence-corrected chi connectivity index (χ3v) is 5.37. The highest BCUT2D eigenvalue weighted by Gasteiger charge is 2.36. The van der Waals surface area contributed by atoms with Crippen LogP contribution < -0.4 is 0 Å². The Hall–Kier alpha value is -2.16. The molecule has 0 fully saturated rings. The van der Waals surface area contributed by atoms with Crippen LogP contribution in [0.5, 0.6) is 0 Å². The quantitative estimate of drug-likeness (QED) is 0.304. The molecule has 0 heterocycles. The second-order valence-corrected chi connectivity index (χ2v) is 7.66. The van der Waals surface area contributed by atoms with Crippen molar-refractivity contribution in [1.82, 2.24) is 0 Å². The largest absolute Gasteiger partial charge is 0.459 e. The second-order valence-electron chi connectivity index (χ2n) is 7.66. The summed E-state index contributed by atoms with van der Waals surface area (Å²) >= 11 is 0. The van der Waals surface area contributed by atoms with Crippen LogP contribution in [-0.4, -0.2) is 18.4 Å². The first-order valence-electron chi connectivity index (χ1n) is 8.85. The zero-order valence-corrected chi connectivity index (χ0v) is 15.7. The van der Waals surface area contributed by atoms with E-state index in [1.807, 2.05) is 6.92 Å². The lowest BCUT2D eigenvalue weighted by Crippen LogP contribution is -2.24. The van der Waals surface area contributed by atoms with E-state index in [2.05, 4.69) is 33.4 Å². The van der Waals surface area contributed by atoms with Gasteiger partial charge in [-0.05, 0) is 37.0 Å². The van der Waals surface area contributed by atoms with Crippen LogP contribution in [0, 0.1) is 17.3 Å². The maximum Gasteiger partial charge on any atom is 0.379 e. The third kappa shape index (κ3) is 4.47. The standard InChI is InChI=1S/C22H28O3/c1-15(13-16(2)19-12-11-17(3)22(19,4)5)14-25-21(24)20(23)18-9-7-6-8-10-18/h6-11,15,19H,2,12-14H2,1,3-5H3/t15?,19-/m1/s1. The van der Waals surface area contributed by atoms with Crippen LogP contribution in [0.2, 0.25) is 0 Å². The fourth-order valence-corrected chi connectivity index (χ4v) is 3.44. The van der Waals surface area contributed by atoms with Gasteiger partial charge in [0.1, 0.15) is 0 Å². The number of Topliss-reactive ketones (excluding diaryl/α,β-unsaturated/α-hetero) is 1. The summed E-state index contributed by atoms with van der Waals surface area (Å²) in [7, 11) is 0. The maximum atomic E-state index is 12.0. The minimum Gasteiger partial charge on any atom is -0.459 e. The van der Waals surface area contributed by atoms with Gasteiger partial charge in [0.05, 0.1) is 6.61 Å². The number of esters is 1. The lowest BCUT2D eigenvalue weighted by Gasteiger charge is -2.32. The van der Waals surface area contributed by atoms with Gasteiger partial charge in [0, 0.05) is 5.56 Å². The molecule has 2 atom stereocenters. The molecule has 1 aliphatic rings. The summed E-state index contributed by atoms with van der Waals surface area (Å²) in [6.45, 7) is 13.2. The third-order valence-electron chi connectivity index (χ3n) is 5.37. The van der Waals surface area contributed by atoms with Crippen LogP contribution in [0.25, 0.3) is 0 Å². The molecule has 1 unspecified atom stereocenters. The van der Waals surface area contributed by atoms with Crippen LogP contribution in [0.3, 0.4) is 0 Å². The number of carbonyl (C=O) groups excluding carboxylic acids is 2. The Morgan fingerprint density at radius 2 is 1.92 bits per heavy atom. The first-order valence-corrected chi connectivity index (χ1v) is 8.85. The van der Waals surface area contributed by atoms with Gasteiger partial charge in [-0.3, -0.25) is 4.79 Å². The summed E-state index contributed by atoms with van der Waals surface area (Å²) < 4.78 is 5.21. The van der Waals surface area contributed by atoms with E-state index in [-0.39, 0.29) is 17.9 Å². The fourth-order valence-electron chi connectivity index (χ4n) is 3.44. The molecular formula is C22H28O3. The summed E-state index contributed by atoms with van der Waals surface area (Å²) in [5.74, 6) is -0.820. The molecule has 3 nitrogen and oxygen atoms in total. The van der Waals surface area contributed by atoms with Crippen molar-refractivity contribution in [1.29, 1.82) is 0 Å². The molecule has 0 N–H and O–H groups in total. The number of benzene rings is 1. The molecule has 0 amide bonds. The number of hydrogen-bond acceptors (Lipinski definition) is 3. The molecule has 1 aromatic carbocycles. The number of allylic oxidation sites excluding steroid dienone is 3. The van der Waals surface area contributed by atoms with Crippen molar-refractivity contribution in [3.8, 4) is 0 Å². The van der Waals surface area contributed by atoms with E-state index in [0.29, 0.717) is 11.5 Å². The fraction of sp³-hybridized carbons (Fsp3) is 0.455. The number of carbonyl (C=O) groups is 2. The SMILES string of the molecule is C=C(CC(C)COC(=O)C(=O)c1ccccc1)[C@H]1CC=C(C)C1(C)C. The summed E-state index contributed by atoms with van der Waals surface area (Å²) in [4.78, 5) is 23.9. The first kappa shape index (κ1) is 19.2. The summed E-state index contributed by atoms with van der Waals surface area (Å²) in [5.41, 5.74) is 3.09. The summed E-state index contributed by atoms with van der Waals surface area (Å²) in [6.07, 6.45) is 4.11. The van der Waals surface area contributed by atoms with Crippen molar-refractivity contribution in [2.45, 2.75) is 40.5 Å². The minimum absolute atomic E-state index is 0.136. The highest BCUT2D eigenvalue weighted by molar-refractivity contribution is 6.40. The lowest BCUT2D eigenvalue weighted by molar-refractivity contribution is -0.139. The Balaban J connectivity index is 1.83. The van der Waals surface area contributed by atoms with Gasteiger partial charge in [0.15, 0.2) is 0 Å². The molecule has 1 aliphatic carbocycles. The Bertz CT molecular complexity index is 682. The van der Waals surface area contributed by atoms with E-state index in [4.69, 9.17) is 4.74 Å². The molecule has 0 saturated carbocycles. The number of rotatable bonds is 7. The van der Waals surface area contributed by atoms with Crippen molar-refractivity contribution in [2.75, 3.05) is 6.61 Å². The first-order chi connectivity index (χ1) is 11.7. The van der Waals surface area contributed by atoms with E-state index in [0.717, 1.165) is 12.8 Å². The predicted octanol–water partition coefficient (Wildman–Crippen LogP) is 4.99. The van der Waals surface area contributed by atoms with Gasteiger partial charge in [-0.2, -0.15) is 0 Å². The van der Waals surface area contributed by atoms with Crippen LogP contribution in [0.4, 0.5) is 0 Å². The zero-order chi connectivity index (χ0) is 18.6. The van der Waals surface area contributed by atoms with Gasteiger partial charge in [-0.1, -0.05) is 74.9 Å². The molecule has 0 aromatic heterocycles. The van der Waals surface area contributed by atoms with Crippen LogP contribution in [0.1, 0.15) is 50.9 Å². The van der Waals surface area contributed by atoms with E-state index < -0.39 is 11.8 Å². The minimum atomic E-state index is -0.789. The highest BCUT2D eigenvalue weighted by Crippen LogP contribution is 2.47. The van der Waals surface area contributed by atoms with Gasteiger partial charge in [0.25, 0.3) is 5.78 Å². The van der Waals surface area contributed by atoms with Gasteiger partial charge >= 0.3 is 5.97 Å². The van der Waals surface area contributed by atoms with Crippen molar-refractivity contribution < 1.29 is 14.3 Å². The molecule has 0 saturated heterocycles. The van der Waals surface area contributed by atoms with Gasteiger partial charge in [-0.25, -0.2) is 4.79 Å². The summed E-state index contributed by atoms with van der Waals surface area (Å²) in [6, 6.07) is 8.49. The maximum absolute atomic E-state index is 12.0. The topological polar surface area (TPSA) is 43.4 Å². The normalized spacial score (nSPS) is 19.8. The molecule has 0 radical (unpaired) electrons. The second kappa shape index (κ2) is 7.81. The number of ether oxygens (including phenoxy) is 1. The van der Waals surface area contributed by atoms with Gasteiger partial charge in [-0.15, -0.1) is 0 Å². The number of hydrogen-bond donors (Lipinski definition) is 0. The van der Waals surface area contributed by atoms with Crippen LogP contribution in [0.15, 0.2) is 54.1 Å². The van der Waals surface area contributed by atoms with Crippen molar-refractivity contribution in [3.63, 3.8) is 0 Å². The molecule has 1 aromatic rings. The smallest absolute Gasteiger partial charge is 0.379 e. The van der Waals surface area contributed by atoms with Crippen LogP contribution >= 0.6 is 0 Å². The molecule has 0 bridgehead atoms. The van der Waals surface area contributed by atoms with E-state index in [1.54, 1.807) is 30.3 Å². The molecule has 0 aliphatic heterocycles. The van der Waals surface area contributed by atoms with E-state index in [9.17, 15) is 9.59 Å². The molecule has 0 spiro atoms. The Morgan fingerprint density at radius 1 is 1.28 bits per heavy atom. The number of ketones is 1. The van der Waals surface area contributed by atoms with Crippen LogP contribution in [-0.2, 0) is 9.53 Å². The predicted molar refractivity (Wildman–Crippen MR) is 100 cm³/mol. The molecule has 134 valence electrons. The Morgan fingerprint density at radius 3 is 2.48 bits per heavy atom. The molecule has 2 rings (SSSR count). The average Bonchev–Trinajstić information content (AvgIpc) is 2.86. The van der Waals surface area contributed by atoms with Gasteiger partial charge in [0.2, 0.25) is 0 Å².